The monoisotopic (exact) mass is 444 g/mol. The van der Waals surface area contributed by atoms with Crippen LogP contribution in [0.2, 0.25) is 0 Å². The Morgan fingerprint density at radius 1 is 0.844 bits per heavy atom. The highest BCUT2D eigenvalue weighted by Gasteiger charge is 2.71. The van der Waals surface area contributed by atoms with E-state index in [-0.39, 0.29) is 28.1 Å². The molecule has 0 aliphatic heterocycles. The maximum absolute atomic E-state index is 13.0. The Morgan fingerprint density at radius 2 is 1.53 bits per heavy atom. The van der Waals surface area contributed by atoms with Gasteiger partial charge in [-0.2, -0.15) is 0 Å². The third-order valence-corrected chi connectivity index (χ3v) is 13.2. The van der Waals surface area contributed by atoms with Gasteiger partial charge in [0.25, 0.3) is 0 Å². The van der Waals surface area contributed by atoms with E-state index in [9.17, 15) is 15.0 Å². The maximum Gasteiger partial charge on any atom is 0.167 e. The average Bonchev–Trinajstić information content (AvgIpc) is 3.05. The topological polar surface area (TPSA) is 57.5 Å². The molecular weight excluding hydrogens is 396 g/mol. The van der Waals surface area contributed by atoms with Crippen molar-refractivity contribution in [2.75, 3.05) is 0 Å². The van der Waals surface area contributed by atoms with Crippen molar-refractivity contribution in [2.24, 2.45) is 56.7 Å². The summed E-state index contributed by atoms with van der Waals surface area (Å²) in [5.41, 5.74) is 0.510. The third-order valence-electron chi connectivity index (χ3n) is 13.2. The van der Waals surface area contributed by atoms with Crippen molar-refractivity contribution in [1.29, 1.82) is 0 Å². The first-order valence-electron chi connectivity index (χ1n) is 13.6. The standard InChI is InChI=1S/C29H48O3/c1-17(30)18-10-12-26(4)14-15-28(6)19(23(18)26)8-9-22-27(5)16-20(31)24(32)25(2,3)21(27)11-13-29(22,28)7/h17-23,30-31H,8-16H2,1-7H3/t17?,18-,19?,20-,21?,22?,23?,26+,27-,28+,29+/m0/s1. The Balaban J connectivity index is 1.55. The SMILES string of the molecule is CC(O)[C@@H]1CC[C@]2(C)CC[C@]3(C)C(CCC4[C@@]5(C)C[C@H](O)C(=O)C(C)(C)C5CC[C@]43C)C12. The van der Waals surface area contributed by atoms with E-state index in [2.05, 4.69) is 41.5 Å². The molecule has 0 aromatic heterocycles. The molecule has 3 nitrogen and oxygen atoms in total. The lowest BCUT2D eigenvalue weighted by atomic mass is 9.32. The van der Waals surface area contributed by atoms with Crippen molar-refractivity contribution in [3.05, 3.63) is 0 Å². The second-order valence-corrected chi connectivity index (χ2v) is 14.6. The fourth-order valence-corrected chi connectivity index (χ4v) is 11.5. The second-order valence-electron chi connectivity index (χ2n) is 14.6. The molecule has 0 amide bonds. The molecule has 0 aromatic carbocycles. The van der Waals surface area contributed by atoms with Gasteiger partial charge in [-0.05, 0) is 116 Å². The van der Waals surface area contributed by atoms with E-state index in [1.54, 1.807) is 0 Å². The number of aliphatic hydroxyl groups is 2. The lowest BCUT2D eigenvalue weighted by molar-refractivity contribution is -0.241. The number of hydrogen-bond acceptors (Lipinski definition) is 3. The Bertz CT molecular complexity index is 802. The summed E-state index contributed by atoms with van der Waals surface area (Å²) in [6, 6.07) is 0. The van der Waals surface area contributed by atoms with E-state index < -0.39 is 11.5 Å². The lowest BCUT2D eigenvalue weighted by Crippen LogP contribution is -2.67. The van der Waals surface area contributed by atoms with Gasteiger partial charge in [-0.25, -0.2) is 0 Å². The lowest BCUT2D eigenvalue weighted by Gasteiger charge is -2.72. The molecule has 0 radical (unpaired) electrons. The fourth-order valence-electron chi connectivity index (χ4n) is 11.5. The molecular formula is C29H48O3. The van der Waals surface area contributed by atoms with Gasteiger partial charge >= 0.3 is 0 Å². The fraction of sp³-hybridized carbons (Fsp3) is 0.966. The molecule has 2 N–H and O–H groups in total. The Morgan fingerprint density at radius 3 is 2.19 bits per heavy atom. The molecule has 0 heterocycles. The third kappa shape index (κ3) is 2.65. The number of carbonyl (C=O) groups is 1. The summed E-state index contributed by atoms with van der Waals surface area (Å²) in [5, 5.41) is 21.6. The van der Waals surface area contributed by atoms with Crippen LogP contribution >= 0.6 is 0 Å². The van der Waals surface area contributed by atoms with Gasteiger partial charge in [0.05, 0.1) is 6.10 Å². The van der Waals surface area contributed by atoms with E-state index in [4.69, 9.17) is 0 Å². The smallest absolute Gasteiger partial charge is 0.167 e. The van der Waals surface area contributed by atoms with Crippen molar-refractivity contribution in [2.45, 2.75) is 118 Å². The minimum Gasteiger partial charge on any atom is -0.393 e. The van der Waals surface area contributed by atoms with Gasteiger partial charge in [0.2, 0.25) is 0 Å². The van der Waals surface area contributed by atoms with Crippen LogP contribution in [0.15, 0.2) is 0 Å². The summed E-state index contributed by atoms with van der Waals surface area (Å²) < 4.78 is 0. The Labute approximate surface area is 196 Å². The van der Waals surface area contributed by atoms with Gasteiger partial charge in [0.15, 0.2) is 5.78 Å². The number of ketones is 1. The van der Waals surface area contributed by atoms with Gasteiger partial charge < -0.3 is 10.2 Å². The number of Topliss-reactive ketones (excluding diaryl/α,β-unsaturated/α-hetero) is 1. The summed E-state index contributed by atoms with van der Waals surface area (Å²) >= 11 is 0. The van der Waals surface area contributed by atoms with Crippen molar-refractivity contribution in [3.63, 3.8) is 0 Å². The molecule has 0 saturated heterocycles. The zero-order valence-corrected chi connectivity index (χ0v) is 21.7. The van der Waals surface area contributed by atoms with E-state index in [1.807, 2.05) is 6.92 Å². The molecule has 11 atom stereocenters. The maximum atomic E-state index is 13.0. The summed E-state index contributed by atoms with van der Waals surface area (Å²) in [4.78, 5) is 13.0. The molecule has 5 aliphatic carbocycles. The molecule has 5 rings (SSSR count). The van der Waals surface area contributed by atoms with E-state index in [0.717, 1.165) is 6.42 Å². The summed E-state index contributed by atoms with van der Waals surface area (Å²) in [6.07, 6.45) is 9.51. The largest absolute Gasteiger partial charge is 0.393 e. The average molecular weight is 445 g/mol. The summed E-state index contributed by atoms with van der Waals surface area (Å²) in [7, 11) is 0. The van der Waals surface area contributed by atoms with Crippen LogP contribution < -0.4 is 0 Å². The predicted molar refractivity (Wildman–Crippen MR) is 128 cm³/mol. The molecule has 3 heteroatoms. The van der Waals surface area contributed by atoms with Crippen molar-refractivity contribution < 1.29 is 15.0 Å². The molecule has 5 unspecified atom stereocenters. The van der Waals surface area contributed by atoms with Crippen LogP contribution in [-0.4, -0.2) is 28.2 Å². The highest BCUT2D eigenvalue weighted by Crippen LogP contribution is 2.77. The van der Waals surface area contributed by atoms with Crippen LogP contribution in [0.5, 0.6) is 0 Å². The highest BCUT2D eigenvalue weighted by molar-refractivity contribution is 5.89. The molecule has 5 saturated carbocycles. The minimum absolute atomic E-state index is 0.0257. The van der Waals surface area contributed by atoms with Gasteiger partial charge in [-0.3, -0.25) is 4.79 Å². The summed E-state index contributed by atoms with van der Waals surface area (Å²) in [6.45, 7) is 16.4. The van der Waals surface area contributed by atoms with E-state index >= 15 is 0 Å². The van der Waals surface area contributed by atoms with Crippen molar-refractivity contribution >= 4 is 5.78 Å². The molecule has 32 heavy (non-hydrogen) atoms. The first-order valence-corrected chi connectivity index (χ1v) is 13.6. The number of aliphatic hydroxyl groups excluding tert-OH is 2. The quantitative estimate of drug-likeness (QED) is 0.521. The summed E-state index contributed by atoms with van der Waals surface area (Å²) in [5.74, 6) is 2.78. The van der Waals surface area contributed by atoms with Crippen LogP contribution in [0, 0.1) is 56.7 Å². The van der Waals surface area contributed by atoms with E-state index in [0.29, 0.717) is 41.4 Å². The molecule has 0 aromatic rings. The van der Waals surface area contributed by atoms with Gasteiger partial charge in [-0.1, -0.05) is 41.5 Å². The number of hydrogen-bond donors (Lipinski definition) is 2. The van der Waals surface area contributed by atoms with Gasteiger partial charge in [-0.15, -0.1) is 0 Å². The van der Waals surface area contributed by atoms with Gasteiger partial charge in [0.1, 0.15) is 6.10 Å². The molecule has 5 aliphatic rings. The van der Waals surface area contributed by atoms with Gasteiger partial charge in [0, 0.05) is 5.41 Å². The zero-order chi connectivity index (χ0) is 23.5. The highest BCUT2D eigenvalue weighted by atomic mass is 16.3. The molecule has 5 fully saturated rings. The number of rotatable bonds is 1. The van der Waals surface area contributed by atoms with Crippen LogP contribution in [0.25, 0.3) is 0 Å². The Kier molecular flexibility index (Phi) is 4.99. The number of carbonyl (C=O) groups excluding carboxylic acids is 1. The van der Waals surface area contributed by atoms with Crippen molar-refractivity contribution in [3.8, 4) is 0 Å². The number of fused-ring (bicyclic) bond motifs is 7. The normalized spacial score (nSPS) is 57.7. The first-order chi connectivity index (χ1) is 14.7. The predicted octanol–water partition coefficient (Wildman–Crippen LogP) is 6.01. The van der Waals surface area contributed by atoms with Crippen molar-refractivity contribution in [1.82, 2.24) is 0 Å². The Hall–Kier alpha value is -0.410. The minimum atomic E-state index is -0.803. The van der Waals surface area contributed by atoms with Crippen LogP contribution in [0.1, 0.15) is 106 Å². The van der Waals surface area contributed by atoms with Crippen LogP contribution in [0.3, 0.4) is 0 Å². The zero-order valence-electron chi connectivity index (χ0n) is 21.7. The van der Waals surface area contributed by atoms with E-state index in [1.165, 1.54) is 44.9 Å². The van der Waals surface area contributed by atoms with Crippen LogP contribution in [0.4, 0.5) is 0 Å². The molecule has 182 valence electrons. The molecule has 0 bridgehead atoms. The molecule has 0 spiro atoms. The second kappa shape index (κ2) is 6.84. The van der Waals surface area contributed by atoms with Crippen LogP contribution in [-0.2, 0) is 4.79 Å². The first kappa shape index (κ1) is 23.3.